The molecule has 0 aromatic carbocycles. The number of hydrogen-bond acceptors (Lipinski definition) is 4. The summed E-state index contributed by atoms with van der Waals surface area (Å²) in [6, 6.07) is 3.32. The maximum atomic E-state index is 12.3. The molecule has 2 rings (SSSR count). The van der Waals surface area contributed by atoms with Gasteiger partial charge in [-0.15, -0.1) is 11.3 Å². The third-order valence-corrected chi connectivity index (χ3v) is 2.62. The topological polar surface area (TPSA) is 52.0 Å². The average Bonchev–Trinajstić information content (AvgIpc) is 2.69. The second kappa shape index (κ2) is 3.27. The molecule has 0 saturated heterocycles. The molecule has 2 heterocycles. The lowest BCUT2D eigenvalue weighted by molar-refractivity contribution is -0.154. The fraction of sp³-hybridized carbons (Fsp3) is 0.125. The van der Waals surface area contributed by atoms with E-state index in [4.69, 9.17) is 5.73 Å². The Labute approximate surface area is 86.3 Å². The molecule has 0 aliphatic heterocycles. The zero-order valence-electron chi connectivity index (χ0n) is 7.21. The van der Waals surface area contributed by atoms with Crippen molar-refractivity contribution in [2.24, 2.45) is 0 Å². The number of alkyl halides is 3. The number of nitrogens with two attached hydrogens (primary N) is 1. The number of rotatable bonds is 1. The molecule has 2 aromatic heterocycles. The summed E-state index contributed by atoms with van der Waals surface area (Å²) in [4.78, 5) is 0.548. The summed E-state index contributed by atoms with van der Waals surface area (Å²) < 4.78 is 41.1. The molecule has 0 aliphatic carbocycles. The minimum absolute atomic E-state index is 0.0392. The van der Waals surface area contributed by atoms with Crippen LogP contribution in [0.5, 0.6) is 0 Å². The Morgan fingerprint density at radius 1 is 1.40 bits per heavy atom. The van der Waals surface area contributed by atoms with E-state index in [-0.39, 0.29) is 5.69 Å². The van der Waals surface area contributed by atoms with E-state index in [1.807, 2.05) is 0 Å². The van der Waals surface area contributed by atoms with Crippen molar-refractivity contribution in [2.75, 3.05) is 5.73 Å². The monoisotopic (exact) mass is 234 g/mol. The molecule has 0 radical (unpaired) electrons. The van der Waals surface area contributed by atoms with Crippen LogP contribution in [-0.4, -0.2) is 5.16 Å². The van der Waals surface area contributed by atoms with Gasteiger partial charge in [0.15, 0.2) is 0 Å². The molecule has 0 bridgehead atoms. The third kappa shape index (κ3) is 1.70. The van der Waals surface area contributed by atoms with Gasteiger partial charge in [0.05, 0.1) is 4.88 Å². The van der Waals surface area contributed by atoms with Gasteiger partial charge in [-0.3, -0.25) is 0 Å². The van der Waals surface area contributed by atoms with Crippen LogP contribution in [0, 0.1) is 0 Å². The molecule has 7 heteroatoms. The highest BCUT2D eigenvalue weighted by atomic mass is 32.1. The molecule has 0 unspecified atom stereocenters. The highest BCUT2D eigenvalue weighted by molar-refractivity contribution is 7.13. The molecule has 0 aliphatic rings. The molecule has 0 spiro atoms. The van der Waals surface area contributed by atoms with Gasteiger partial charge in [0.2, 0.25) is 0 Å². The van der Waals surface area contributed by atoms with Crippen molar-refractivity contribution in [2.45, 2.75) is 6.18 Å². The van der Waals surface area contributed by atoms with Crippen molar-refractivity contribution in [1.82, 2.24) is 5.16 Å². The maximum absolute atomic E-state index is 12.3. The summed E-state index contributed by atoms with van der Waals surface area (Å²) in [5.74, 6) is -1.24. The van der Waals surface area contributed by atoms with E-state index in [1.54, 1.807) is 17.5 Å². The lowest BCUT2D eigenvalue weighted by atomic mass is 10.2. The minimum Gasteiger partial charge on any atom is -0.394 e. The van der Waals surface area contributed by atoms with Crippen LogP contribution < -0.4 is 5.73 Å². The first-order valence-electron chi connectivity index (χ1n) is 3.86. The van der Waals surface area contributed by atoms with Gasteiger partial charge in [-0.2, -0.15) is 13.2 Å². The first-order valence-corrected chi connectivity index (χ1v) is 4.74. The summed E-state index contributed by atoms with van der Waals surface area (Å²) in [6.07, 6.45) is -4.60. The molecule has 0 saturated carbocycles. The largest absolute Gasteiger partial charge is 0.454 e. The normalized spacial score (nSPS) is 11.9. The van der Waals surface area contributed by atoms with Crippen LogP contribution in [0.2, 0.25) is 0 Å². The van der Waals surface area contributed by atoms with Gasteiger partial charge in [0.1, 0.15) is 11.4 Å². The number of aromatic nitrogens is 1. The van der Waals surface area contributed by atoms with Crippen LogP contribution in [0.4, 0.5) is 18.9 Å². The number of hydrogen-bond donors (Lipinski definition) is 1. The van der Waals surface area contributed by atoms with E-state index in [1.165, 1.54) is 11.3 Å². The summed E-state index contributed by atoms with van der Waals surface area (Å²) in [5, 5.41) is 5.03. The summed E-state index contributed by atoms with van der Waals surface area (Å²) in [5.41, 5.74) is 4.88. The highest BCUT2D eigenvalue weighted by Gasteiger charge is 2.40. The van der Waals surface area contributed by atoms with Gasteiger partial charge in [0, 0.05) is 0 Å². The van der Waals surface area contributed by atoms with Crippen molar-refractivity contribution < 1.29 is 17.7 Å². The highest BCUT2D eigenvalue weighted by Crippen LogP contribution is 2.39. The number of thiophene rings is 1. The molecule has 0 amide bonds. The van der Waals surface area contributed by atoms with Crippen LogP contribution in [0.15, 0.2) is 22.0 Å². The maximum Gasteiger partial charge on any atom is 0.454 e. The fourth-order valence-electron chi connectivity index (χ4n) is 1.09. The predicted molar refractivity (Wildman–Crippen MR) is 49.2 cm³/mol. The van der Waals surface area contributed by atoms with E-state index in [9.17, 15) is 13.2 Å². The van der Waals surface area contributed by atoms with Gasteiger partial charge in [-0.05, 0) is 11.4 Å². The van der Waals surface area contributed by atoms with Crippen molar-refractivity contribution >= 4 is 17.0 Å². The van der Waals surface area contributed by atoms with E-state index in [2.05, 4.69) is 9.68 Å². The van der Waals surface area contributed by atoms with Crippen LogP contribution >= 0.6 is 11.3 Å². The molecular formula is C8H5F3N2OS. The van der Waals surface area contributed by atoms with Crippen LogP contribution in [0.3, 0.4) is 0 Å². The number of nitrogens with zero attached hydrogens (tertiary/aromatic N) is 1. The lowest BCUT2D eigenvalue weighted by Crippen LogP contribution is -2.06. The minimum atomic E-state index is -4.60. The molecule has 3 nitrogen and oxygen atoms in total. The first kappa shape index (κ1) is 10.0. The van der Waals surface area contributed by atoms with E-state index >= 15 is 0 Å². The van der Waals surface area contributed by atoms with E-state index in [0.717, 1.165) is 0 Å². The van der Waals surface area contributed by atoms with Gasteiger partial charge < -0.3 is 10.3 Å². The van der Waals surface area contributed by atoms with Crippen LogP contribution in [-0.2, 0) is 6.18 Å². The Bertz CT molecular complexity index is 461. The number of nitrogen functional groups attached to an aromatic ring is 1. The lowest BCUT2D eigenvalue weighted by Gasteiger charge is -2.00. The Morgan fingerprint density at radius 2 is 2.13 bits per heavy atom. The van der Waals surface area contributed by atoms with Gasteiger partial charge in [-0.1, -0.05) is 11.2 Å². The summed E-state index contributed by atoms with van der Waals surface area (Å²) in [6.45, 7) is 0. The van der Waals surface area contributed by atoms with Crippen molar-refractivity contribution in [3.05, 3.63) is 23.3 Å². The summed E-state index contributed by atoms with van der Waals surface area (Å²) >= 11 is 1.24. The molecule has 2 N–H and O–H groups in total. The standard InChI is InChI=1S/C8H5F3N2OS/c9-8(10,11)7-5(12)6(13-14-7)4-2-1-3-15-4/h1-3H,12H2. The van der Waals surface area contributed by atoms with Crippen molar-refractivity contribution in [1.29, 1.82) is 0 Å². The van der Waals surface area contributed by atoms with E-state index < -0.39 is 17.6 Å². The zero-order valence-corrected chi connectivity index (χ0v) is 8.02. The molecule has 0 atom stereocenters. The Hall–Kier alpha value is -1.50. The number of anilines is 1. The number of halogens is 3. The third-order valence-electron chi connectivity index (χ3n) is 1.74. The quantitative estimate of drug-likeness (QED) is 0.825. The van der Waals surface area contributed by atoms with Crippen molar-refractivity contribution in [3.8, 4) is 10.6 Å². The van der Waals surface area contributed by atoms with Crippen molar-refractivity contribution in [3.63, 3.8) is 0 Å². The fourth-order valence-corrected chi connectivity index (χ4v) is 1.81. The van der Waals surface area contributed by atoms with Crippen LogP contribution in [0.1, 0.15) is 5.76 Å². The molecular weight excluding hydrogens is 229 g/mol. The van der Waals surface area contributed by atoms with Gasteiger partial charge in [-0.25, -0.2) is 0 Å². The zero-order chi connectivity index (χ0) is 11.1. The predicted octanol–water partition coefficient (Wildman–Crippen LogP) is 3.00. The summed E-state index contributed by atoms with van der Waals surface area (Å²) in [7, 11) is 0. The van der Waals surface area contributed by atoms with Gasteiger partial charge >= 0.3 is 6.18 Å². The first-order chi connectivity index (χ1) is 7.00. The second-order valence-corrected chi connectivity index (χ2v) is 3.70. The average molecular weight is 234 g/mol. The molecule has 2 aromatic rings. The molecule has 80 valence electrons. The molecule has 15 heavy (non-hydrogen) atoms. The Balaban J connectivity index is 2.50. The Kier molecular flexibility index (Phi) is 2.18. The second-order valence-electron chi connectivity index (χ2n) is 2.75. The Morgan fingerprint density at radius 3 is 2.60 bits per heavy atom. The smallest absolute Gasteiger partial charge is 0.394 e. The molecule has 0 fully saturated rings. The SMILES string of the molecule is Nc1c(-c2cccs2)noc1C(F)(F)F. The van der Waals surface area contributed by atoms with Crippen LogP contribution in [0.25, 0.3) is 10.6 Å². The van der Waals surface area contributed by atoms with E-state index in [0.29, 0.717) is 4.88 Å². The van der Waals surface area contributed by atoms with Gasteiger partial charge in [0.25, 0.3) is 5.76 Å².